The zero-order chi connectivity index (χ0) is 21.3. The van der Waals surface area contributed by atoms with E-state index in [9.17, 15) is 18.4 Å². The van der Waals surface area contributed by atoms with Crippen molar-refractivity contribution in [2.24, 2.45) is 0 Å². The van der Waals surface area contributed by atoms with Crippen LogP contribution in [0.2, 0.25) is 0 Å². The number of carbonyl (C=O) groups is 2. The van der Waals surface area contributed by atoms with E-state index in [0.717, 1.165) is 17.5 Å². The van der Waals surface area contributed by atoms with Gasteiger partial charge in [0.1, 0.15) is 5.75 Å². The summed E-state index contributed by atoms with van der Waals surface area (Å²) in [6.07, 6.45) is 4.21. The van der Waals surface area contributed by atoms with Crippen molar-refractivity contribution >= 4 is 17.5 Å². The van der Waals surface area contributed by atoms with E-state index in [1.165, 1.54) is 24.3 Å². The Labute approximate surface area is 171 Å². The van der Waals surface area contributed by atoms with Gasteiger partial charge in [0.25, 0.3) is 5.91 Å². The second kappa shape index (κ2) is 10.1. The molecule has 3 aromatic rings. The molecule has 6 nitrogen and oxygen atoms in total. The van der Waals surface area contributed by atoms with Crippen molar-refractivity contribution in [3.8, 4) is 5.75 Å². The number of halogens is 2. The molecule has 0 spiro atoms. The van der Waals surface area contributed by atoms with Crippen LogP contribution in [0, 0.1) is 0 Å². The third-order valence-electron chi connectivity index (χ3n) is 4.15. The minimum absolute atomic E-state index is 0.0777. The summed E-state index contributed by atoms with van der Waals surface area (Å²) in [7, 11) is 0. The maximum absolute atomic E-state index is 12.4. The van der Waals surface area contributed by atoms with Crippen LogP contribution in [0.25, 0.3) is 0 Å². The molecule has 2 aromatic carbocycles. The SMILES string of the molecule is O=C(CNC(=O)c1ccccc1OC(F)F)Nc1ccc(Cc2ccncc2)cc1. The zero-order valence-electron chi connectivity index (χ0n) is 15.8. The molecule has 0 aliphatic carbocycles. The molecule has 8 heteroatoms. The zero-order valence-corrected chi connectivity index (χ0v) is 15.8. The van der Waals surface area contributed by atoms with Gasteiger partial charge in [-0.1, -0.05) is 24.3 Å². The summed E-state index contributed by atoms with van der Waals surface area (Å²) < 4.78 is 29.2. The Balaban J connectivity index is 1.52. The molecular weight excluding hydrogens is 392 g/mol. The molecule has 0 unspecified atom stereocenters. The minimum atomic E-state index is -3.05. The molecule has 30 heavy (non-hydrogen) atoms. The molecule has 154 valence electrons. The number of nitrogens with one attached hydrogen (secondary N) is 2. The van der Waals surface area contributed by atoms with Gasteiger partial charge in [0, 0.05) is 18.1 Å². The topological polar surface area (TPSA) is 80.3 Å². The maximum atomic E-state index is 12.4. The molecule has 0 bridgehead atoms. The highest BCUT2D eigenvalue weighted by Gasteiger charge is 2.16. The normalized spacial score (nSPS) is 10.5. The average Bonchev–Trinajstić information content (AvgIpc) is 2.74. The number of alkyl halides is 2. The summed E-state index contributed by atoms with van der Waals surface area (Å²) in [6, 6.07) is 16.8. The number of amides is 2. The Bertz CT molecular complexity index is 996. The first-order chi connectivity index (χ1) is 14.5. The fourth-order valence-corrected chi connectivity index (χ4v) is 2.76. The van der Waals surface area contributed by atoms with Crippen molar-refractivity contribution in [1.29, 1.82) is 0 Å². The summed E-state index contributed by atoms with van der Waals surface area (Å²) in [4.78, 5) is 28.3. The van der Waals surface area contributed by atoms with Gasteiger partial charge >= 0.3 is 6.61 Å². The average molecular weight is 411 g/mol. The van der Waals surface area contributed by atoms with E-state index < -0.39 is 18.4 Å². The second-order valence-corrected chi connectivity index (χ2v) is 6.33. The van der Waals surface area contributed by atoms with Gasteiger partial charge in [-0.2, -0.15) is 8.78 Å². The Morgan fingerprint density at radius 2 is 1.60 bits per heavy atom. The lowest BCUT2D eigenvalue weighted by molar-refractivity contribution is -0.115. The van der Waals surface area contributed by atoms with Crippen LogP contribution < -0.4 is 15.4 Å². The molecule has 1 aromatic heterocycles. The molecule has 2 N–H and O–H groups in total. The molecule has 2 amide bonds. The van der Waals surface area contributed by atoms with Crippen LogP contribution in [-0.2, 0) is 11.2 Å². The predicted octanol–water partition coefficient (Wildman–Crippen LogP) is 3.64. The van der Waals surface area contributed by atoms with E-state index in [1.807, 2.05) is 24.3 Å². The van der Waals surface area contributed by atoms with Crippen LogP contribution in [0.15, 0.2) is 73.1 Å². The third kappa shape index (κ3) is 6.10. The number of anilines is 1. The van der Waals surface area contributed by atoms with Crippen molar-refractivity contribution < 1.29 is 23.1 Å². The van der Waals surface area contributed by atoms with Gasteiger partial charge in [-0.05, 0) is 53.9 Å². The molecule has 0 aliphatic rings. The number of rotatable bonds is 8. The largest absolute Gasteiger partial charge is 0.434 e. The predicted molar refractivity (Wildman–Crippen MR) is 108 cm³/mol. The van der Waals surface area contributed by atoms with Gasteiger partial charge in [0.05, 0.1) is 12.1 Å². The van der Waals surface area contributed by atoms with Crippen molar-refractivity contribution in [1.82, 2.24) is 10.3 Å². The minimum Gasteiger partial charge on any atom is -0.434 e. The number of carbonyl (C=O) groups excluding carboxylic acids is 2. The fraction of sp³-hybridized carbons (Fsp3) is 0.136. The van der Waals surface area contributed by atoms with Crippen LogP contribution in [-0.4, -0.2) is 30.0 Å². The monoisotopic (exact) mass is 411 g/mol. The fourth-order valence-electron chi connectivity index (χ4n) is 2.76. The molecule has 0 radical (unpaired) electrons. The van der Waals surface area contributed by atoms with E-state index in [2.05, 4.69) is 20.4 Å². The van der Waals surface area contributed by atoms with Crippen molar-refractivity contribution in [3.63, 3.8) is 0 Å². The first kappa shape index (κ1) is 20.9. The van der Waals surface area contributed by atoms with Crippen LogP contribution in [0.5, 0.6) is 5.75 Å². The summed E-state index contributed by atoms with van der Waals surface area (Å²) >= 11 is 0. The highest BCUT2D eigenvalue weighted by atomic mass is 19.3. The van der Waals surface area contributed by atoms with Crippen molar-refractivity contribution in [2.45, 2.75) is 13.0 Å². The highest BCUT2D eigenvalue weighted by Crippen LogP contribution is 2.20. The van der Waals surface area contributed by atoms with Crippen molar-refractivity contribution in [3.05, 3.63) is 89.7 Å². The van der Waals surface area contributed by atoms with Crippen LogP contribution in [0.3, 0.4) is 0 Å². The summed E-state index contributed by atoms with van der Waals surface area (Å²) in [5, 5.41) is 5.07. The third-order valence-corrected chi connectivity index (χ3v) is 4.15. The number of nitrogens with zero attached hydrogens (tertiary/aromatic N) is 1. The highest BCUT2D eigenvalue weighted by molar-refractivity contribution is 6.00. The van der Waals surface area contributed by atoms with Crippen molar-refractivity contribution in [2.75, 3.05) is 11.9 Å². The molecule has 0 atom stereocenters. The Morgan fingerprint density at radius 1 is 0.933 bits per heavy atom. The molecule has 0 saturated heterocycles. The van der Waals surface area contributed by atoms with Gasteiger partial charge in [-0.25, -0.2) is 0 Å². The molecule has 0 fully saturated rings. The summed E-state index contributed by atoms with van der Waals surface area (Å²) in [6.45, 7) is -3.37. The lowest BCUT2D eigenvalue weighted by atomic mass is 10.1. The lowest BCUT2D eigenvalue weighted by Crippen LogP contribution is -2.33. The van der Waals surface area contributed by atoms with Gasteiger partial charge in [0.15, 0.2) is 0 Å². The molecule has 0 aliphatic heterocycles. The van der Waals surface area contributed by atoms with Crippen LogP contribution >= 0.6 is 0 Å². The van der Waals surface area contributed by atoms with Gasteiger partial charge < -0.3 is 15.4 Å². The Morgan fingerprint density at radius 3 is 2.30 bits per heavy atom. The molecule has 1 heterocycles. The number of hydrogen-bond acceptors (Lipinski definition) is 4. The number of benzene rings is 2. The smallest absolute Gasteiger partial charge is 0.387 e. The van der Waals surface area contributed by atoms with Crippen LogP contribution in [0.1, 0.15) is 21.5 Å². The number of ether oxygens (including phenoxy) is 1. The standard InChI is InChI=1S/C22H19F2N3O3/c23-22(24)30-19-4-2-1-3-18(19)21(29)26-14-20(28)27-17-7-5-15(6-8-17)13-16-9-11-25-12-10-16/h1-12,22H,13-14H2,(H,26,29)(H,27,28). The van der Waals surface area contributed by atoms with E-state index in [1.54, 1.807) is 24.5 Å². The number of hydrogen-bond donors (Lipinski definition) is 2. The van der Waals surface area contributed by atoms with Gasteiger partial charge in [-0.3, -0.25) is 14.6 Å². The molecule has 3 rings (SSSR count). The maximum Gasteiger partial charge on any atom is 0.387 e. The van der Waals surface area contributed by atoms with Crippen LogP contribution in [0.4, 0.5) is 14.5 Å². The Kier molecular flexibility index (Phi) is 7.05. The quantitative estimate of drug-likeness (QED) is 0.593. The number of pyridine rings is 1. The lowest BCUT2D eigenvalue weighted by Gasteiger charge is -2.11. The first-order valence-corrected chi connectivity index (χ1v) is 9.11. The van der Waals surface area contributed by atoms with E-state index >= 15 is 0 Å². The number of aromatic nitrogens is 1. The molecule has 0 saturated carbocycles. The van der Waals surface area contributed by atoms with Gasteiger partial charge in [0.2, 0.25) is 5.91 Å². The van der Waals surface area contributed by atoms with E-state index in [4.69, 9.17) is 0 Å². The van der Waals surface area contributed by atoms with E-state index in [-0.39, 0.29) is 17.9 Å². The summed E-state index contributed by atoms with van der Waals surface area (Å²) in [5.41, 5.74) is 2.70. The number of para-hydroxylation sites is 1. The Hall–Kier alpha value is -3.81. The van der Waals surface area contributed by atoms with E-state index in [0.29, 0.717) is 5.69 Å². The second-order valence-electron chi connectivity index (χ2n) is 6.33. The first-order valence-electron chi connectivity index (χ1n) is 9.11. The molecular formula is C22H19F2N3O3. The van der Waals surface area contributed by atoms with Gasteiger partial charge in [-0.15, -0.1) is 0 Å². The summed E-state index contributed by atoms with van der Waals surface area (Å²) in [5.74, 6) is -1.39.